The molecule has 2 aliphatic heterocycles. The van der Waals surface area contributed by atoms with Crippen LogP contribution >= 0.6 is 0 Å². The summed E-state index contributed by atoms with van der Waals surface area (Å²) in [5.41, 5.74) is 2.05. The van der Waals surface area contributed by atoms with Crippen LogP contribution in [0.4, 0.5) is 5.69 Å². The van der Waals surface area contributed by atoms with Gasteiger partial charge >= 0.3 is 0 Å². The third kappa shape index (κ3) is 3.82. The molecule has 0 radical (unpaired) electrons. The molecule has 2 atom stereocenters. The Kier molecular flexibility index (Phi) is 5.57. The van der Waals surface area contributed by atoms with Gasteiger partial charge in [-0.1, -0.05) is 19.1 Å². The van der Waals surface area contributed by atoms with Crippen molar-refractivity contribution in [1.82, 2.24) is 9.21 Å². The van der Waals surface area contributed by atoms with Crippen molar-refractivity contribution in [3.05, 3.63) is 53.6 Å². The number of carbonyl (C=O) groups is 1. The van der Waals surface area contributed by atoms with Crippen molar-refractivity contribution in [1.29, 1.82) is 0 Å². The number of sulfonamides is 1. The molecule has 0 spiro atoms. The second kappa shape index (κ2) is 8.02. The highest BCUT2D eigenvalue weighted by molar-refractivity contribution is 7.89. The van der Waals surface area contributed by atoms with Crippen molar-refractivity contribution in [2.75, 3.05) is 38.5 Å². The maximum atomic E-state index is 12.8. The molecule has 1 saturated heterocycles. The molecule has 4 rings (SSSR count). The number of likely N-dealkylation sites (N-methyl/N-ethyl adjacent to an activating group) is 1. The van der Waals surface area contributed by atoms with Crippen LogP contribution in [-0.2, 0) is 10.0 Å². The number of hydrogen-bond acceptors (Lipinski definition) is 5. The van der Waals surface area contributed by atoms with Crippen LogP contribution in [0, 0.1) is 0 Å². The Hall–Kier alpha value is -2.42. The average molecular weight is 430 g/mol. The van der Waals surface area contributed by atoms with Crippen LogP contribution in [0.15, 0.2) is 47.4 Å². The lowest BCUT2D eigenvalue weighted by atomic mass is 9.97. The van der Waals surface area contributed by atoms with E-state index in [4.69, 9.17) is 4.74 Å². The molecule has 160 valence electrons. The summed E-state index contributed by atoms with van der Waals surface area (Å²) < 4.78 is 33.1. The first kappa shape index (κ1) is 20.8. The van der Waals surface area contributed by atoms with Gasteiger partial charge in [-0.25, -0.2) is 8.42 Å². The number of amides is 1. The molecule has 1 N–H and O–H groups in total. The Bertz CT molecular complexity index is 1040. The van der Waals surface area contributed by atoms with Gasteiger partial charge in [0.1, 0.15) is 11.9 Å². The molecule has 0 aromatic heterocycles. The van der Waals surface area contributed by atoms with Gasteiger partial charge < -0.3 is 15.0 Å². The maximum absolute atomic E-state index is 12.8. The van der Waals surface area contributed by atoms with Crippen LogP contribution in [0.1, 0.15) is 35.7 Å². The molecular formula is C22H27N3O4S. The molecule has 0 bridgehead atoms. The van der Waals surface area contributed by atoms with Gasteiger partial charge in [0.05, 0.1) is 10.5 Å². The first-order chi connectivity index (χ1) is 14.3. The van der Waals surface area contributed by atoms with E-state index in [9.17, 15) is 13.2 Å². The summed E-state index contributed by atoms with van der Waals surface area (Å²) in [4.78, 5) is 15.2. The number of fused-ring (bicyclic) bond motifs is 1. The number of hydrogen-bond donors (Lipinski definition) is 1. The van der Waals surface area contributed by atoms with E-state index in [1.54, 1.807) is 30.3 Å². The van der Waals surface area contributed by atoms with Gasteiger partial charge in [-0.3, -0.25) is 4.79 Å². The first-order valence-corrected chi connectivity index (χ1v) is 11.6. The number of nitrogens with one attached hydrogen (secondary N) is 1. The van der Waals surface area contributed by atoms with Crippen molar-refractivity contribution in [2.24, 2.45) is 0 Å². The van der Waals surface area contributed by atoms with Gasteiger partial charge in [-0.05, 0) is 44.3 Å². The third-order valence-electron chi connectivity index (χ3n) is 6.00. The zero-order valence-electron chi connectivity index (χ0n) is 17.5. The summed E-state index contributed by atoms with van der Waals surface area (Å²) in [6, 6.07) is 11.9. The Balaban J connectivity index is 1.49. The van der Waals surface area contributed by atoms with E-state index < -0.39 is 10.0 Å². The summed E-state index contributed by atoms with van der Waals surface area (Å²) in [5.74, 6) is 0.582. The molecule has 0 aliphatic carbocycles. The van der Waals surface area contributed by atoms with Crippen LogP contribution in [0.3, 0.4) is 0 Å². The third-order valence-corrected chi connectivity index (χ3v) is 7.91. The minimum Gasteiger partial charge on any atom is -0.489 e. The number of piperazine rings is 1. The molecule has 2 aliphatic rings. The van der Waals surface area contributed by atoms with E-state index in [0.717, 1.165) is 5.56 Å². The lowest BCUT2D eigenvalue weighted by Gasteiger charge is -2.31. The molecule has 2 aromatic rings. The summed E-state index contributed by atoms with van der Waals surface area (Å²) >= 11 is 0. The van der Waals surface area contributed by atoms with Crippen LogP contribution in [0.25, 0.3) is 0 Å². The van der Waals surface area contributed by atoms with Crippen molar-refractivity contribution in [3.8, 4) is 5.75 Å². The summed E-state index contributed by atoms with van der Waals surface area (Å²) in [5, 5.41) is 2.85. The van der Waals surface area contributed by atoms with Gasteiger partial charge in [0.15, 0.2) is 0 Å². The normalized spacial score (nSPS) is 22.4. The number of carbonyl (C=O) groups excluding carboxylic acids is 1. The summed E-state index contributed by atoms with van der Waals surface area (Å²) in [7, 11) is -1.55. The molecular weight excluding hydrogens is 402 g/mol. The highest BCUT2D eigenvalue weighted by atomic mass is 32.2. The SMILES string of the molecule is C[C@@H]1c2cccc(C(=O)Nc3ccc(S(=O)(=O)N4CCN(C)CC4)cc3)c2O[C@@H]1C. The standard InChI is InChI=1S/C22H27N3O4S/c1-15-16(2)29-21-19(15)5-4-6-20(21)22(26)23-17-7-9-18(10-8-17)30(27,28)25-13-11-24(3)12-14-25/h4-10,15-16H,11-14H2,1-3H3,(H,23,26)/t15-,16+/m0/s1. The monoisotopic (exact) mass is 429 g/mol. The molecule has 7 nitrogen and oxygen atoms in total. The predicted octanol–water partition coefficient (Wildman–Crippen LogP) is 2.76. The van der Waals surface area contributed by atoms with Crippen LogP contribution in [-0.4, -0.2) is 62.9 Å². The van der Waals surface area contributed by atoms with Crippen molar-refractivity contribution in [3.63, 3.8) is 0 Å². The number of rotatable bonds is 4. The highest BCUT2D eigenvalue weighted by Crippen LogP contribution is 2.40. The van der Waals surface area contributed by atoms with Crippen molar-refractivity contribution in [2.45, 2.75) is 30.8 Å². The maximum Gasteiger partial charge on any atom is 0.259 e. The first-order valence-electron chi connectivity index (χ1n) is 10.2. The minimum absolute atomic E-state index is 0.0213. The Labute approximate surface area is 177 Å². The Morgan fingerprint density at radius 2 is 1.70 bits per heavy atom. The van der Waals surface area contributed by atoms with Gasteiger partial charge in [0, 0.05) is 43.3 Å². The molecule has 1 amide bonds. The van der Waals surface area contributed by atoms with E-state index in [1.165, 1.54) is 4.31 Å². The minimum atomic E-state index is -3.53. The van der Waals surface area contributed by atoms with Crippen LogP contribution in [0.2, 0.25) is 0 Å². The van der Waals surface area contributed by atoms with Gasteiger partial charge in [0.25, 0.3) is 5.91 Å². The van der Waals surface area contributed by atoms with Gasteiger partial charge in [0.2, 0.25) is 10.0 Å². The number of ether oxygens (including phenoxy) is 1. The summed E-state index contributed by atoms with van der Waals surface area (Å²) in [6.07, 6.45) is 0.0213. The van der Waals surface area contributed by atoms with Crippen molar-refractivity contribution < 1.29 is 17.9 Å². The van der Waals surface area contributed by atoms with Crippen LogP contribution in [0.5, 0.6) is 5.75 Å². The largest absolute Gasteiger partial charge is 0.489 e. The van der Waals surface area contributed by atoms with Crippen LogP contribution < -0.4 is 10.1 Å². The van der Waals surface area contributed by atoms with Gasteiger partial charge in [-0.15, -0.1) is 0 Å². The Morgan fingerprint density at radius 1 is 1.03 bits per heavy atom. The van der Waals surface area contributed by atoms with Crippen molar-refractivity contribution >= 4 is 21.6 Å². The molecule has 1 fully saturated rings. The molecule has 8 heteroatoms. The second-order valence-corrected chi connectivity index (χ2v) is 9.96. The fraction of sp³-hybridized carbons (Fsp3) is 0.409. The zero-order valence-corrected chi connectivity index (χ0v) is 18.3. The average Bonchev–Trinajstić information content (AvgIpc) is 3.02. The van der Waals surface area contributed by atoms with E-state index in [0.29, 0.717) is 43.2 Å². The number of anilines is 1. The van der Waals surface area contributed by atoms with E-state index >= 15 is 0 Å². The molecule has 2 aromatic carbocycles. The van der Waals surface area contributed by atoms with E-state index in [2.05, 4.69) is 17.1 Å². The number of nitrogens with zero attached hydrogens (tertiary/aromatic N) is 2. The lowest BCUT2D eigenvalue weighted by molar-refractivity contribution is 0.102. The predicted molar refractivity (Wildman–Crippen MR) is 116 cm³/mol. The quantitative estimate of drug-likeness (QED) is 0.809. The number of benzene rings is 2. The second-order valence-electron chi connectivity index (χ2n) is 8.02. The smallest absolute Gasteiger partial charge is 0.259 e. The van der Waals surface area contributed by atoms with E-state index in [-0.39, 0.29) is 22.8 Å². The van der Waals surface area contributed by atoms with Gasteiger partial charge in [-0.2, -0.15) is 4.31 Å². The summed E-state index contributed by atoms with van der Waals surface area (Å²) in [6.45, 7) is 6.46. The Morgan fingerprint density at radius 3 is 2.37 bits per heavy atom. The molecule has 30 heavy (non-hydrogen) atoms. The fourth-order valence-corrected chi connectivity index (χ4v) is 5.27. The molecule has 2 heterocycles. The molecule has 0 saturated carbocycles. The molecule has 0 unspecified atom stereocenters. The highest BCUT2D eigenvalue weighted by Gasteiger charge is 2.31. The zero-order chi connectivity index (χ0) is 21.5. The number of para-hydroxylation sites is 1. The topological polar surface area (TPSA) is 79.0 Å². The van der Waals surface area contributed by atoms with E-state index in [1.807, 2.05) is 26.1 Å². The lowest BCUT2D eigenvalue weighted by Crippen LogP contribution is -2.46. The fourth-order valence-electron chi connectivity index (χ4n) is 3.85.